The number of carbonyl (C=O) groups excluding carboxylic acids is 1. The van der Waals surface area contributed by atoms with Crippen molar-refractivity contribution in [3.8, 4) is 11.8 Å². The molecule has 0 unspecified atom stereocenters. The second-order valence-electron chi connectivity index (χ2n) is 7.79. The Labute approximate surface area is 206 Å². The Bertz CT molecular complexity index is 1370. The summed E-state index contributed by atoms with van der Waals surface area (Å²) in [5.74, 6) is -0.368. The number of rotatable bonds is 7. The summed E-state index contributed by atoms with van der Waals surface area (Å²) in [7, 11) is 1.44. The third-order valence-electron chi connectivity index (χ3n) is 5.42. The Morgan fingerprint density at radius 3 is 2.69 bits per heavy atom. The Morgan fingerprint density at radius 1 is 1.28 bits per heavy atom. The maximum atomic E-state index is 12.9. The third-order valence-corrected chi connectivity index (χ3v) is 5.71. The van der Waals surface area contributed by atoms with Gasteiger partial charge in [-0.25, -0.2) is 9.69 Å². The highest BCUT2D eigenvalue weighted by Crippen LogP contribution is 2.30. The minimum Gasteiger partial charge on any atom is -0.495 e. The first-order valence-corrected chi connectivity index (χ1v) is 11.0. The van der Waals surface area contributed by atoms with Gasteiger partial charge in [0.05, 0.1) is 29.7 Å². The van der Waals surface area contributed by atoms with Gasteiger partial charge in [-0.2, -0.15) is 15.0 Å². The number of aromatic amines is 1. The van der Waals surface area contributed by atoms with Crippen LogP contribution in [0.15, 0.2) is 23.0 Å². The Balaban J connectivity index is 1.71. The number of amides is 1. The molecule has 4 rings (SSSR count). The van der Waals surface area contributed by atoms with Crippen molar-refractivity contribution in [2.24, 2.45) is 0 Å². The molecule has 1 aliphatic heterocycles. The maximum Gasteiger partial charge on any atom is 0.575 e. The van der Waals surface area contributed by atoms with Crippen molar-refractivity contribution in [1.82, 2.24) is 19.9 Å². The molecule has 0 bridgehead atoms. The zero-order valence-corrected chi connectivity index (χ0v) is 19.9. The van der Waals surface area contributed by atoms with E-state index in [0.717, 1.165) is 4.90 Å². The molecule has 0 aliphatic carbocycles. The Morgan fingerprint density at radius 2 is 2.03 bits per heavy atom. The summed E-state index contributed by atoms with van der Waals surface area (Å²) in [6, 6.07) is 2.37. The van der Waals surface area contributed by atoms with Gasteiger partial charge in [-0.15, -0.1) is 13.2 Å². The van der Waals surface area contributed by atoms with Gasteiger partial charge in [-0.3, -0.25) is 4.79 Å². The summed E-state index contributed by atoms with van der Waals surface area (Å²) in [4.78, 5) is 40.1. The quantitative estimate of drug-likeness (QED) is 0.463. The molecular formula is C21H20ClF3N6O5. The number of methoxy groups -OCH3 is 1. The lowest BCUT2D eigenvalue weighted by atomic mass is 10.1. The van der Waals surface area contributed by atoms with E-state index >= 15 is 0 Å². The van der Waals surface area contributed by atoms with Gasteiger partial charge in [-0.1, -0.05) is 18.5 Å². The topological polar surface area (TPSA) is 132 Å². The number of benzene rings is 1. The van der Waals surface area contributed by atoms with Crippen LogP contribution in [0.2, 0.25) is 5.02 Å². The van der Waals surface area contributed by atoms with Crippen molar-refractivity contribution in [3.05, 3.63) is 39.1 Å². The predicted octanol–water partition coefficient (Wildman–Crippen LogP) is 4.18. The molecular weight excluding hydrogens is 509 g/mol. The molecule has 15 heteroatoms. The number of ether oxygens (including phenoxy) is 3. The number of fused-ring (bicyclic) bond motifs is 1. The number of anilines is 2. The molecule has 2 N–H and O–H groups in total. The molecule has 1 aliphatic rings. The second kappa shape index (κ2) is 9.68. The normalized spacial score (nSPS) is 16.7. The molecule has 2 aromatic heterocycles. The molecule has 0 saturated carbocycles. The van der Waals surface area contributed by atoms with Gasteiger partial charge in [-0.05, 0) is 25.5 Å². The number of H-pyrrole nitrogens is 1. The van der Waals surface area contributed by atoms with Gasteiger partial charge in [0.2, 0.25) is 11.9 Å². The summed E-state index contributed by atoms with van der Waals surface area (Å²) in [5, 5.41) is 3.68. The van der Waals surface area contributed by atoms with Crippen molar-refractivity contribution in [2.45, 2.75) is 38.7 Å². The Hall–Kier alpha value is -3.81. The standard InChI is InChI=1S/C21H20ClF3N6O5/c1-4-11-8-35-20(33)31(11)18-28-17(29-19(30-18)36-21(23,24)25)26-9(2)12-5-10-6-13(22)15(34-3)7-14(10)27-16(12)32/h5-7,9,11H,4,8H2,1-3H3,(H,27,32)(H,26,28,29,30)/t9-,11-/m0/s1. The minimum atomic E-state index is -5.09. The van der Waals surface area contributed by atoms with Gasteiger partial charge in [0.1, 0.15) is 12.4 Å². The predicted molar refractivity (Wildman–Crippen MR) is 123 cm³/mol. The van der Waals surface area contributed by atoms with E-state index in [-0.39, 0.29) is 24.1 Å². The van der Waals surface area contributed by atoms with Crippen LogP contribution < -0.4 is 25.2 Å². The number of pyridine rings is 1. The van der Waals surface area contributed by atoms with E-state index in [2.05, 4.69) is 30.0 Å². The fourth-order valence-corrected chi connectivity index (χ4v) is 3.90. The fourth-order valence-electron chi connectivity index (χ4n) is 3.65. The minimum absolute atomic E-state index is 0.0233. The first-order valence-electron chi connectivity index (χ1n) is 10.6. The van der Waals surface area contributed by atoms with Crippen molar-refractivity contribution < 1.29 is 32.2 Å². The number of aromatic nitrogens is 4. The van der Waals surface area contributed by atoms with Crippen LogP contribution >= 0.6 is 11.6 Å². The lowest BCUT2D eigenvalue weighted by molar-refractivity contribution is -0.277. The molecule has 1 amide bonds. The molecule has 2 atom stereocenters. The van der Waals surface area contributed by atoms with Crippen LogP contribution in [-0.2, 0) is 4.74 Å². The highest BCUT2D eigenvalue weighted by molar-refractivity contribution is 6.32. The molecule has 36 heavy (non-hydrogen) atoms. The van der Waals surface area contributed by atoms with Crippen molar-refractivity contribution in [3.63, 3.8) is 0 Å². The van der Waals surface area contributed by atoms with Crippen LogP contribution in [0.3, 0.4) is 0 Å². The summed E-state index contributed by atoms with van der Waals surface area (Å²) in [6.07, 6.45) is -5.47. The van der Waals surface area contributed by atoms with E-state index in [1.54, 1.807) is 32.0 Å². The van der Waals surface area contributed by atoms with E-state index in [1.165, 1.54) is 7.11 Å². The first kappa shape index (κ1) is 25.3. The zero-order valence-electron chi connectivity index (χ0n) is 19.1. The van der Waals surface area contributed by atoms with Crippen LogP contribution in [0.5, 0.6) is 11.8 Å². The fraction of sp³-hybridized carbons (Fsp3) is 0.381. The summed E-state index contributed by atoms with van der Waals surface area (Å²) < 4.78 is 52.7. The number of halogens is 4. The molecule has 1 saturated heterocycles. The second-order valence-corrected chi connectivity index (χ2v) is 8.20. The molecule has 1 fully saturated rings. The molecule has 3 aromatic rings. The SMILES string of the molecule is CC[C@H]1COC(=O)N1c1nc(N[C@@H](C)c2cc3cc(Cl)c(OC)cc3[nH]c2=O)nc(OC(F)(F)F)n1. The third kappa shape index (κ3) is 5.22. The van der Waals surface area contributed by atoms with Crippen LogP contribution in [0.25, 0.3) is 10.9 Å². The largest absolute Gasteiger partial charge is 0.575 e. The first-order chi connectivity index (χ1) is 17.0. The number of nitrogens with zero attached hydrogens (tertiary/aromatic N) is 4. The lowest BCUT2D eigenvalue weighted by Crippen LogP contribution is -2.35. The average Bonchev–Trinajstić information content (AvgIpc) is 3.17. The summed E-state index contributed by atoms with van der Waals surface area (Å²) in [5.41, 5.74) is 0.219. The summed E-state index contributed by atoms with van der Waals surface area (Å²) in [6.45, 7) is 3.37. The van der Waals surface area contributed by atoms with E-state index in [0.29, 0.717) is 28.1 Å². The van der Waals surface area contributed by atoms with Crippen molar-refractivity contribution >= 4 is 40.5 Å². The van der Waals surface area contributed by atoms with Gasteiger partial charge in [0, 0.05) is 17.0 Å². The number of alkyl halides is 3. The summed E-state index contributed by atoms with van der Waals surface area (Å²) >= 11 is 6.18. The van der Waals surface area contributed by atoms with E-state index in [1.807, 2.05) is 0 Å². The number of hydrogen-bond donors (Lipinski definition) is 2. The number of hydrogen-bond acceptors (Lipinski definition) is 9. The highest BCUT2D eigenvalue weighted by atomic mass is 35.5. The number of nitrogens with one attached hydrogen (secondary N) is 2. The molecule has 192 valence electrons. The molecule has 3 heterocycles. The van der Waals surface area contributed by atoms with Crippen molar-refractivity contribution in [1.29, 1.82) is 0 Å². The lowest BCUT2D eigenvalue weighted by Gasteiger charge is -2.20. The van der Waals surface area contributed by atoms with Gasteiger partial charge in [0.25, 0.3) is 5.56 Å². The van der Waals surface area contributed by atoms with Crippen molar-refractivity contribution in [2.75, 3.05) is 23.9 Å². The van der Waals surface area contributed by atoms with Gasteiger partial charge in [0.15, 0.2) is 0 Å². The number of cyclic esters (lactones) is 1. The monoisotopic (exact) mass is 528 g/mol. The van der Waals surface area contributed by atoms with E-state index in [4.69, 9.17) is 21.1 Å². The zero-order chi connectivity index (χ0) is 26.2. The molecule has 1 aromatic carbocycles. The van der Waals surface area contributed by atoms with Crippen LogP contribution in [0, 0.1) is 0 Å². The molecule has 0 radical (unpaired) electrons. The molecule has 0 spiro atoms. The van der Waals surface area contributed by atoms with E-state index < -0.39 is 36.1 Å². The molecule has 11 nitrogen and oxygen atoms in total. The smallest absolute Gasteiger partial charge is 0.495 e. The average molecular weight is 529 g/mol. The van der Waals surface area contributed by atoms with Crippen LogP contribution in [0.1, 0.15) is 31.9 Å². The van der Waals surface area contributed by atoms with E-state index in [9.17, 15) is 22.8 Å². The van der Waals surface area contributed by atoms with Crippen LogP contribution in [0.4, 0.5) is 29.9 Å². The number of carbonyl (C=O) groups is 1. The Kier molecular flexibility index (Phi) is 6.80. The maximum absolute atomic E-state index is 12.9. The van der Waals surface area contributed by atoms with Crippen LogP contribution in [-0.4, -0.2) is 52.2 Å². The van der Waals surface area contributed by atoms with Gasteiger partial charge >= 0.3 is 18.5 Å². The van der Waals surface area contributed by atoms with Gasteiger partial charge < -0.3 is 24.5 Å². The highest BCUT2D eigenvalue weighted by Gasteiger charge is 2.38.